The van der Waals surface area contributed by atoms with E-state index in [-0.39, 0.29) is 0 Å². The molecule has 3 nitrogen and oxygen atoms in total. The van der Waals surface area contributed by atoms with Crippen LogP contribution in [0, 0.1) is 0 Å². The molecule has 0 spiro atoms. The SMILES string of the molecule is Clc1cnc(NCC2CCCCO2)c(Br)c1. The van der Waals surface area contributed by atoms with Gasteiger partial charge in [-0.25, -0.2) is 4.98 Å². The summed E-state index contributed by atoms with van der Waals surface area (Å²) in [5, 5.41) is 3.90. The Bertz CT molecular complexity index is 356. The number of halogens is 2. The number of rotatable bonds is 3. The molecule has 1 aliphatic heterocycles. The van der Waals surface area contributed by atoms with E-state index in [2.05, 4.69) is 26.2 Å². The van der Waals surface area contributed by atoms with E-state index < -0.39 is 0 Å². The Morgan fingerprint density at radius 1 is 1.56 bits per heavy atom. The highest BCUT2D eigenvalue weighted by Crippen LogP contribution is 2.23. The van der Waals surface area contributed by atoms with E-state index in [1.54, 1.807) is 6.20 Å². The number of ether oxygens (including phenoxy) is 1. The van der Waals surface area contributed by atoms with Crippen molar-refractivity contribution in [3.63, 3.8) is 0 Å². The van der Waals surface area contributed by atoms with Crippen LogP contribution in [-0.4, -0.2) is 24.2 Å². The number of hydrogen-bond donors (Lipinski definition) is 1. The summed E-state index contributed by atoms with van der Waals surface area (Å²) in [4.78, 5) is 4.22. The lowest BCUT2D eigenvalue weighted by molar-refractivity contribution is 0.0247. The fraction of sp³-hybridized carbons (Fsp3) is 0.545. The van der Waals surface area contributed by atoms with E-state index in [4.69, 9.17) is 16.3 Å². The largest absolute Gasteiger partial charge is 0.376 e. The molecule has 0 bridgehead atoms. The van der Waals surface area contributed by atoms with Crippen LogP contribution in [0.1, 0.15) is 19.3 Å². The highest BCUT2D eigenvalue weighted by molar-refractivity contribution is 9.10. The summed E-state index contributed by atoms with van der Waals surface area (Å²) < 4.78 is 6.52. The van der Waals surface area contributed by atoms with Crippen molar-refractivity contribution in [3.05, 3.63) is 21.8 Å². The van der Waals surface area contributed by atoms with Crippen molar-refractivity contribution in [2.75, 3.05) is 18.5 Å². The van der Waals surface area contributed by atoms with Gasteiger partial charge in [-0.2, -0.15) is 0 Å². The lowest BCUT2D eigenvalue weighted by Gasteiger charge is -2.23. The molecule has 88 valence electrons. The minimum atomic E-state index is 0.304. The van der Waals surface area contributed by atoms with Crippen molar-refractivity contribution in [1.82, 2.24) is 4.98 Å². The van der Waals surface area contributed by atoms with Crippen LogP contribution in [0.5, 0.6) is 0 Å². The van der Waals surface area contributed by atoms with Crippen molar-refractivity contribution in [1.29, 1.82) is 0 Å². The van der Waals surface area contributed by atoms with Gasteiger partial charge in [0, 0.05) is 19.3 Å². The zero-order chi connectivity index (χ0) is 11.4. The highest BCUT2D eigenvalue weighted by atomic mass is 79.9. The molecule has 1 unspecified atom stereocenters. The molecule has 2 rings (SSSR count). The van der Waals surface area contributed by atoms with Gasteiger partial charge in [0.1, 0.15) is 5.82 Å². The molecule has 1 aromatic heterocycles. The summed E-state index contributed by atoms with van der Waals surface area (Å²) in [6.45, 7) is 1.68. The zero-order valence-electron chi connectivity index (χ0n) is 8.88. The van der Waals surface area contributed by atoms with Gasteiger partial charge < -0.3 is 10.1 Å². The number of anilines is 1. The van der Waals surface area contributed by atoms with Gasteiger partial charge in [0.2, 0.25) is 0 Å². The van der Waals surface area contributed by atoms with Crippen molar-refractivity contribution in [2.45, 2.75) is 25.4 Å². The summed E-state index contributed by atoms with van der Waals surface area (Å²) in [6.07, 6.45) is 5.49. The van der Waals surface area contributed by atoms with Crippen molar-refractivity contribution >= 4 is 33.3 Å². The predicted molar refractivity (Wildman–Crippen MR) is 69.0 cm³/mol. The summed E-state index contributed by atoms with van der Waals surface area (Å²) in [5.41, 5.74) is 0. The molecule has 0 amide bonds. The van der Waals surface area contributed by atoms with E-state index >= 15 is 0 Å². The second-order valence-electron chi connectivity index (χ2n) is 3.85. The maximum Gasteiger partial charge on any atom is 0.140 e. The molecule has 2 heterocycles. The second-order valence-corrected chi connectivity index (χ2v) is 5.14. The van der Waals surface area contributed by atoms with Gasteiger partial charge in [-0.15, -0.1) is 0 Å². The van der Waals surface area contributed by atoms with E-state index in [1.165, 1.54) is 12.8 Å². The Morgan fingerprint density at radius 3 is 3.12 bits per heavy atom. The smallest absolute Gasteiger partial charge is 0.140 e. The number of hydrogen-bond acceptors (Lipinski definition) is 3. The summed E-state index contributed by atoms with van der Waals surface area (Å²) in [7, 11) is 0. The fourth-order valence-electron chi connectivity index (χ4n) is 1.72. The average molecular weight is 306 g/mol. The molecule has 5 heteroatoms. The molecule has 1 aliphatic rings. The van der Waals surface area contributed by atoms with E-state index in [0.717, 1.165) is 29.9 Å². The van der Waals surface area contributed by atoms with E-state index in [9.17, 15) is 0 Å². The van der Waals surface area contributed by atoms with Gasteiger partial charge in [0.25, 0.3) is 0 Å². The van der Waals surface area contributed by atoms with E-state index in [0.29, 0.717) is 11.1 Å². The van der Waals surface area contributed by atoms with E-state index in [1.807, 2.05) is 6.07 Å². The van der Waals surface area contributed by atoms with Gasteiger partial charge in [-0.3, -0.25) is 0 Å². The van der Waals surface area contributed by atoms with Crippen molar-refractivity contribution < 1.29 is 4.74 Å². The van der Waals surface area contributed by atoms with Gasteiger partial charge in [-0.1, -0.05) is 11.6 Å². The molecule has 0 aromatic carbocycles. The third-order valence-corrected chi connectivity index (χ3v) is 3.39. The lowest BCUT2D eigenvalue weighted by Crippen LogP contribution is -2.27. The van der Waals surface area contributed by atoms with Crippen molar-refractivity contribution in [2.24, 2.45) is 0 Å². The molecule has 1 saturated heterocycles. The number of nitrogens with one attached hydrogen (secondary N) is 1. The van der Waals surface area contributed by atoms with Crippen LogP contribution >= 0.6 is 27.5 Å². The molecule has 0 saturated carbocycles. The van der Waals surface area contributed by atoms with Crippen LogP contribution in [0.2, 0.25) is 5.02 Å². The molecule has 1 atom stereocenters. The van der Waals surface area contributed by atoms with Crippen LogP contribution in [0.25, 0.3) is 0 Å². The van der Waals surface area contributed by atoms with Gasteiger partial charge >= 0.3 is 0 Å². The van der Waals surface area contributed by atoms with Crippen LogP contribution in [-0.2, 0) is 4.74 Å². The predicted octanol–water partition coefficient (Wildman–Crippen LogP) is 3.48. The summed E-state index contributed by atoms with van der Waals surface area (Å²) >= 11 is 9.24. The van der Waals surface area contributed by atoms with Crippen LogP contribution in [0.3, 0.4) is 0 Å². The average Bonchev–Trinajstić information content (AvgIpc) is 2.29. The van der Waals surface area contributed by atoms with Crippen LogP contribution < -0.4 is 5.32 Å². The fourth-order valence-corrected chi connectivity index (χ4v) is 2.50. The zero-order valence-corrected chi connectivity index (χ0v) is 11.2. The maximum atomic E-state index is 5.82. The third-order valence-electron chi connectivity index (χ3n) is 2.58. The number of aromatic nitrogens is 1. The van der Waals surface area contributed by atoms with Gasteiger partial charge in [0.15, 0.2) is 0 Å². The topological polar surface area (TPSA) is 34.2 Å². The second kappa shape index (κ2) is 5.84. The Morgan fingerprint density at radius 2 is 2.44 bits per heavy atom. The summed E-state index contributed by atoms with van der Waals surface area (Å²) in [6, 6.07) is 1.83. The molecule has 1 aromatic rings. The molecular weight excluding hydrogens is 291 g/mol. The summed E-state index contributed by atoms with van der Waals surface area (Å²) in [5.74, 6) is 0.818. The monoisotopic (exact) mass is 304 g/mol. The molecule has 16 heavy (non-hydrogen) atoms. The Kier molecular flexibility index (Phi) is 4.44. The quantitative estimate of drug-likeness (QED) is 0.928. The molecule has 0 radical (unpaired) electrons. The minimum absolute atomic E-state index is 0.304. The maximum absolute atomic E-state index is 5.82. The Balaban J connectivity index is 1.88. The number of nitrogens with zero attached hydrogens (tertiary/aromatic N) is 1. The first-order valence-electron chi connectivity index (χ1n) is 5.42. The normalized spacial score (nSPS) is 20.8. The third kappa shape index (κ3) is 3.34. The standard InChI is InChI=1S/C11H14BrClN2O/c12-10-5-8(13)6-14-11(10)15-7-9-3-1-2-4-16-9/h5-6,9H,1-4,7H2,(H,14,15). The first-order valence-corrected chi connectivity index (χ1v) is 6.59. The molecular formula is C11H14BrClN2O. The highest BCUT2D eigenvalue weighted by Gasteiger charge is 2.14. The number of pyridine rings is 1. The van der Waals surface area contributed by atoms with Gasteiger partial charge in [-0.05, 0) is 41.3 Å². The molecule has 1 N–H and O–H groups in total. The Hall–Kier alpha value is -0.320. The van der Waals surface area contributed by atoms with Gasteiger partial charge in [0.05, 0.1) is 15.6 Å². The van der Waals surface area contributed by atoms with Crippen LogP contribution in [0.15, 0.2) is 16.7 Å². The molecule has 0 aliphatic carbocycles. The first kappa shape index (κ1) is 12.1. The lowest BCUT2D eigenvalue weighted by atomic mass is 10.1. The Labute approximate surface area is 109 Å². The first-order chi connectivity index (χ1) is 7.75. The van der Waals surface area contributed by atoms with Crippen molar-refractivity contribution in [3.8, 4) is 0 Å². The van der Waals surface area contributed by atoms with Crippen LogP contribution in [0.4, 0.5) is 5.82 Å². The molecule has 1 fully saturated rings. The minimum Gasteiger partial charge on any atom is -0.376 e.